The van der Waals surface area contributed by atoms with Gasteiger partial charge in [0.25, 0.3) is 0 Å². The summed E-state index contributed by atoms with van der Waals surface area (Å²) in [4.78, 5) is 12.4. The fourth-order valence-corrected chi connectivity index (χ4v) is 4.97. The van der Waals surface area contributed by atoms with Crippen LogP contribution in [-0.4, -0.2) is 67.2 Å². The summed E-state index contributed by atoms with van der Waals surface area (Å²) in [7, 11) is -3.18. The van der Waals surface area contributed by atoms with E-state index in [0.717, 1.165) is 25.7 Å². The van der Waals surface area contributed by atoms with Gasteiger partial charge >= 0.3 is 5.97 Å². The number of carboxylic acids is 1. The van der Waals surface area contributed by atoms with Crippen LogP contribution in [0.3, 0.4) is 0 Å². The third kappa shape index (κ3) is 4.43. The Bertz CT molecular complexity index is 424. The number of aliphatic carboxylic acids is 1. The van der Waals surface area contributed by atoms with Crippen LogP contribution in [0.4, 0.5) is 0 Å². The van der Waals surface area contributed by atoms with Crippen LogP contribution in [0, 0.1) is 5.92 Å². The van der Waals surface area contributed by atoms with Gasteiger partial charge in [0.2, 0.25) is 10.0 Å². The molecule has 1 aliphatic carbocycles. The largest absolute Gasteiger partial charge is 0.480 e. The van der Waals surface area contributed by atoms with Gasteiger partial charge < -0.3 is 5.11 Å². The number of carbonyl (C=O) groups is 1. The van der Waals surface area contributed by atoms with Crippen molar-refractivity contribution in [3.05, 3.63) is 0 Å². The fourth-order valence-electron chi connectivity index (χ4n) is 3.11. The van der Waals surface area contributed by atoms with Crippen LogP contribution in [0.5, 0.6) is 0 Å². The number of sulfonamides is 1. The zero-order chi connectivity index (χ0) is 14.6. The minimum atomic E-state index is -3.18. The van der Waals surface area contributed by atoms with Crippen LogP contribution in [-0.2, 0) is 14.8 Å². The van der Waals surface area contributed by atoms with E-state index >= 15 is 0 Å². The summed E-state index contributed by atoms with van der Waals surface area (Å²) < 4.78 is 26.3. The topological polar surface area (TPSA) is 77.9 Å². The quantitative estimate of drug-likeness (QED) is 0.805. The molecule has 6 nitrogen and oxygen atoms in total. The van der Waals surface area contributed by atoms with Crippen molar-refractivity contribution in [3.8, 4) is 0 Å². The molecule has 0 aromatic rings. The summed E-state index contributed by atoms with van der Waals surface area (Å²) in [6.07, 6.45) is 5.57. The molecule has 1 heterocycles. The van der Waals surface area contributed by atoms with Crippen LogP contribution in [0.1, 0.15) is 32.1 Å². The van der Waals surface area contributed by atoms with Gasteiger partial charge in [0.05, 0.1) is 12.3 Å². The molecule has 0 aromatic heterocycles. The highest BCUT2D eigenvalue weighted by Crippen LogP contribution is 2.26. The lowest BCUT2D eigenvalue weighted by molar-refractivity contribution is -0.138. The molecule has 0 aromatic carbocycles. The molecule has 2 rings (SSSR count). The third-order valence-electron chi connectivity index (χ3n) is 4.25. The second kappa shape index (κ2) is 6.87. The van der Waals surface area contributed by atoms with E-state index in [1.165, 1.54) is 6.42 Å². The molecular formula is C13H24N2O4S. The molecule has 0 radical (unpaired) electrons. The average molecular weight is 304 g/mol. The molecule has 0 spiro atoms. The second-order valence-electron chi connectivity index (χ2n) is 5.85. The SMILES string of the molecule is O=C(O)CN1CCN(S(=O)(=O)CC2CCCCC2)CC1. The molecule has 7 heteroatoms. The molecule has 1 aliphatic heterocycles. The minimum absolute atomic E-state index is 0.00346. The maximum absolute atomic E-state index is 12.4. The fraction of sp³-hybridized carbons (Fsp3) is 0.923. The summed E-state index contributed by atoms with van der Waals surface area (Å²) >= 11 is 0. The smallest absolute Gasteiger partial charge is 0.317 e. The van der Waals surface area contributed by atoms with Gasteiger partial charge in [-0.3, -0.25) is 9.69 Å². The number of hydrogen-bond donors (Lipinski definition) is 1. The Morgan fingerprint density at radius 2 is 1.65 bits per heavy atom. The molecule has 20 heavy (non-hydrogen) atoms. The van der Waals surface area contributed by atoms with Crippen LogP contribution in [0.25, 0.3) is 0 Å². The number of rotatable bonds is 5. The number of piperazine rings is 1. The first kappa shape index (κ1) is 15.7. The number of nitrogens with zero attached hydrogens (tertiary/aromatic N) is 2. The Morgan fingerprint density at radius 1 is 1.05 bits per heavy atom. The molecule has 116 valence electrons. The van der Waals surface area contributed by atoms with Gasteiger partial charge in [-0.1, -0.05) is 19.3 Å². The van der Waals surface area contributed by atoms with Gasteiger partial charge in [0.15, 0.2) is 0 Å². The Labute approximate surface area is 120 Å². The van der Waals surface area contributed by atoms with E-state index < -0.39 is 16.0 Å². The lowest BCUT2D eigenvalue weighted by Gasteiger charge is -2.34. The first-order valence-corrected chi connectivity index (χ1v) is 9.00. The van der Waals surface area contributed by atoms with E-state index in [0.29, 0.717) is 32.1 Å². The molecule has 2 aliphatic rings. The van der Waals surface area contributed by atoms with E-state index in [1.54, 1.807) is 9.21 Å². The molecule has 0 atom stereocenters. The summed E-state index contributed by atoms with van der Waals surface area (Å²) in [5.74, 6) is -0.277. The molecule has 1 saturated carbocycles. The first-order valence-electron chi connectivity index (χ1n) is 7.39. The minimum Gasteiger partial charge on any atom is -0.480 e. The van der Waals surface area contributed by atoms with Crippen molar-refractivity contribution >= 4 is 16.0 Å². The zero-order valence-electron chi connectivity index (χ0n) is 11.8. The number of carboxylic acid groups (broad SMARTS) is 1. The van der Waals surface area contributed by atoms with Gasteiger partial charge in [-0.15, -0.1) is 0 Å². The highest BCUT2D eigenvalue weighted by molar-refractivity contribution is 7.89. The van der Waals surface area contributed by atoms with Crippen LogP contribution < -0.4 is 0 Å². The summed E-state index contributed by atoms with van der Waals surface area (Å²) in [5, 5.41) is 8.73. The predicted octanol–water partition coefficient (Wildman–Crippen LogP) is 0.599. The van der Waals surface area contributed by atoms with Crippen molar-refractivity contribution in [1.82, 2.24) is 9.21 Å². The maximum atomic E-state index is 12.4. The summed E-state index contributed by atoms with van der Waals surface area (Å²) in [6.45, 7) is 1.85. The van der Waals surface area contributed by atoms with Crippen molar-refractivity contribution in [2.75, 3.05) is 38.5 Å². The van der Waals surface area contributed by atoms with Crippen molar-refractivity contribution in [3.63, 3.8) is 0 Å². The summed E-state index contributed by atoms with van der Waals surface area (Å²) in [5.41, 5.74) is 0. The monoisotopic (exact) mass is 304 g/mol. The molecule has 0 amide bonds. The Kier molecular flexibility index (Phi) is 5.40. The standard InChI is InChI=1S/C13H24N2O4S/c16-13(17)10-14-6-8-15(9-7-14)20(18,19)11-12-4-2-1-3-5-12/h12H,1-11H2,(H,16,17). The molecular weight excluding hydrogens is 280 g/mol. The molecule has 1 saturated heterocycles. The highest BCUT2D eigenvalue weighted by atomic mass is 32.2. The Hall–Kier alpha value is -0.660. The predicted molar refractivity (Wildman–Crippen MR) is 76.0 cm³/mol. The lowest BCUT2D eigenvalue weighted by atomic mass is 9.91. The molecule has 0 unspecified atom stereocenters. The van der Waals surface area contributed by atoms with Crippen molar-refractivity contribution in [2.45, 2.75) is 32.1 Å². The van der Waals surface area contributed by atoms with E-state index in [-0.39, 0.29) is 12.3 Å². The van der Waals surface area contributed by atoms with E-state index in [2.05, 4.69) is 0 Å². The highest BCUT2D eigenvalue weighted by Gasteiger charge is 2.30. The van der Waals surface area contributed by atoms with Gasteiger partial charge in [-0.25, -0.2) is 8.42 Å². The van der Waals surface area contributed by atoms with Gasteiger partial charge in [-0.05, 0) is 18.8 Å². The van der Waals surface area contributed by atoms with Gasteiger partial charge in [0.1, 0.15) is 0 Å². The zero-order valence-corrected chi connectivity index (χ0v) is 12.6. The van der Waals surface area contributed by atoms with Crippen molar-refractivity contribution < 1.29 is 18.3 Å². The van der Waals surface area contributed by atoms with Crippen LogP contribution in [0.2, 0.25) is 0 Å². The van der Waals surface area contributed by atoms with E-state index in [9.17, 15) is 13.2 Å². The Balaban J connectivity index is 1.83. The normalized spacial score (nSPS) is 23.8. The van der Waals surface area contributed by atoms with Crippen molar-refractivity contribution in [1.29, 1.82) is 0 Å². The maximum Gasteiger partial charge on any atom is 0.317 e. The molecule has 1 N–H and O–H groups in total. The first-order chi connectivity index (χ1) is 9.47. The summed E-state index contributed by atoms with van der Waals surface area (Å²) in [6, 6.07) is 0. The van der Waals surface area contributed by atoms with E-state index in [4.69, 9.17) is 5.11 Å². The Morgan fingerprint density at radius 3 is 2.20 bits per heavy atom. The van der Waals surface area contributed by atoms with Gasteiger partial charge in [-0.2, -0.15) is 4.31 Å². The van der Waals surface area contributed by atoms with Crippen LogP contribution in [0.15, 0.2) is 0 Å². The van der Waals surface area contributed by atoms with Crippen molar-refractivity contribution in [2.24, 2.45) is 5.92 Å². The lowest BCUT2D eigenvalue weighted by Crippen LogP contribution is -2.50. The van der Waals surface area contributed by atoms with Gasteiger partial charge in [0, 0.05) is 26.2 Å². The molecule has 0 bridgehead atoms. The third-order valence-corrected chi connectivity index (χ3v) is 6.30. The van der Waals surface area contributed by atoms with E-state index in [1.807, 2.05) is 0 Å². The second-order valence-corrected chi connectivity index (χ2v) is 7.87. The number of hydrogen-bond acceptors (Lipinski definition) is 4. The average Bonchev–Trinajstić information content (AvgIpc) is 2.39. The van der Waals surface area contributed by atoms with Crippen LogP contribution >= 0.6 is 0 Å². The molecule has 2 fully saturated rings.